The molecule has 0 aliphatic carbocycles. The van der Waals surface area contributed by atoms with Crippen molar-refractivity contribution in [1.29, 1.82) is 0 Å². The van der Waals surface area contributed by atoms with Gasteiger partial charge >= 0.3 is 0 Å². The number of halogens is 1. The van der Waals surface area contributed by atoms with Crippen molar-refractivity contribution >= 4 is 33.3 Å². The van der Waals surface area contributed by atoms with Crippen LogP contribution in [0.3, 0.4) is 0 Å². The minimum Gasteiger partial charge on any atom is -0.369 e. The fourth-order valence-corrected chi connectivity index (χ4v) is 3.03. The number of carbonyl (C=O) groups excluding carboxylic acids is 2. The van der Waals surface area contributed by atoms with Gasteiger partial charge in [-0.05, 0) is 47.5 Å². The van der Waals surface area contributed by atoms with Gasteiger partial charge in [0.05, 0.1) is 0 Å². The highest BCUT2D eigenvalue weighted by molar-refractivity contribution is 9.10. The maximum Gasteiger partial charge on any atom is 0.217 e. The third-order valence-corrected chi connectivity index (χ3v) is 3.95. The molecular weight excluding hydrogens is 308 g/mol. The van der Waals surface area contributed by atoms with Gasteiger partial charge in [0.15, 0.2) is 5.78 Å². The van der Waals surface area contributed by atoms with Crippen molar-refractivity contribution in [1.82, 2.24) is 5.32 Å². The third kappa shape index (κ3) is 3.35. The normalized spacial score (nSPS) is 18.5. The van der Waals surface area contributed by atoms with Crippen LogP contribution in [0.1, 0.15) is 30.6 Å². The second kappa shape index (κ2) is 5.74. The molecule has 1 unspecified atom stereocenters. The zero-order valence-electron chi connectivity index (χ0n) is 11.1. The number of nitrogens with one attached hydrogen (secondary N) is 1. The van der Waals surface area contributed by atoms with Crippen molar-refractivity contribution in [3.05, 3.63) is 28.2 Å². The molecule has 0 radical (unpaired) electrons. The number of Topliss-reactive ketones (excluding diaryl/α,β-unsaturated/α-hetero) is 1. The van der Waals surface area contributed by atoms with E-state index in [0.29, 0.717) is 5.56 Å². The van der Waals surface area contributed by atoms with E-state index in [2.05, 4.69) is 26.1 Å². The second-order valence-electron chi connectivity index (χ2n) is 4.85. The van der Waals surface area contributed by atoms with Crippen LogP contribution in [0, 0.1) is 0 Å². The van der Waals surface area contributed by atoms with E-state index in [-0.39, 0.29) is 17.7 Å². The molecule has 102 valence electrons. The zero-order chi connectivity index (χ0) is 14.0. The van der Waals surface area contributed by atoms with Crippen molar-refractivity contribution in [3.8, 4) is 0 Å². The highest BCUT2D eigenvalue weighted by Crippen LogP contribution is 2.27. The van der Waals surface area contributed by atoms with E-state index in [0.717, 1.165) is 29.7 Å². The maximum absolute atomic E-state index is 11.4. The summed E-state index contributed by atoms with van der Waals surface area (Å²) in [6.45, 7) is 4.82. The average Bonchev–Trinajstić information content (AvgIpc) is 2.75. The highest BCUT2D eigenvalue weighted by Gasteiger charge is 2.23. The first-order valence-electron chi connectivity index (χ1n) is 6.30. The number of anilines is 1. The predicted molar refractivity (Wildman–Crippen MR) is 78.6 cm³/mol. The van der Waals surface area contributed by atoms with Crippen molar-refractivity contribution in [2.24, 2.45) is 0 Å². The first kappa shape index (κ1) is 14.1. The Hall–Kier alpha value is -1.36. The first-order valence-corrected chi connectivity index (χ1v) is 7.09. The van der Waals surface area contributed by atoms with Gasteiger partial charge in [0.1, 0.15) is 0 Å². The summed E-state index contributed by atoms with van der Waals surface area (Å²) in [6.07, 6.45) is 0.950. The summed E-state index contributed by atoms with van der Waals surface area (Å²) in [5.74, 6) is 0.0657. The molecule has 0 bridgehead atoms. The van der Waals surface area contributed by atoms with Crippen molar-refractivity contribution in [2.75, 3.05) is 18.0 Å². The Bertz CT molecular complexity index is 516. The molecule has 0 spiro atoms. The van der Waals surface area contributed by atoms with Crippen LogP contribution < -0.4 is 10.2 Å². The molecule has 2 rings (SSSR count). The molecule has 1 amide bonds. The minimum atomic E-state index is 0.0139. The van der Waals surface area contributed by atoms with E-state index in [1.54, 1.807) is 13.8 Å². The smallest absolute Gasteiger partial charge is 0.217 e. The molecule has 19 heavy (non-hydrogen) atoms. The number of carbonyl (C=O) groups is 2. The van der Waals surface area contributed by atoms with Gasteiger partial charge in [0.25, 0.3) is 0 Å². The molecule has 1 aliphatic rings. The Balaban J connectivity index is 2.09. The van der Waals surface area contributed by atoms with Crippen LogP contribution in [0.5, 0.6) is 0 Å². The molecule has 1 aliphatic heterocycles. The average molecular weight is 325 g/mol. The van der Waals surface area contributed by atoms with Crippen LogP contribution in [-0.2, 0) is 4.79 Å². The van der Waals surface area contributed by atoms with Crippen LogP contribution in [0.2, 0.25) is 0 Å². The van der Waals surface area contributed by atoms with Gasteiger partial charge in [-0.1, -0.05) is 0 Å². The summed E-state index contributed by atoms with van der Waals surface area (Å²) < 4.78 is 0.820. The van der Waals surface area contributed by atoms with Gasteiger partial charge in [-0.2, -0.15) is 0 Å². The van der Waals surface area contributed by atoms with Crippen molar-refractivity contribution in [2.45, 2.75) is 26.3 Å². The fourth-order valence-electron chi connectivity index (χ4n) is 2.39. The van der Waals surface area contributed by atoms with E-state index in [9.17, 15) is 9.59 Å². The molecular formula is C14H17BrN2O2. The Kier molecular flexibility index (Phi) is 4.24. The van der Waals surface area contributed by atoms with Crippen LogP contribution in [0.4, 0.5) is 5.69 Å². The number of amides is 1. The van der Waals surface area contributed by atoms with Crippen molar-refractivity contribution in [3.63, 3.8) is 0 Å². The number of benzene rings is 1. The summed E-state index contributed by atoms with van der Waals surface area (Å²) in [6, 6.07) is 5.97. The molecule has 1 atom stereocenters. The van der Waals surface area contributed by atoms with Crippen molar-refractivity contribution < 1.29 is 9.59 Å². The molecule has 0 aromatic heterocycles. The Morgan fingerprint density at radius 1 is 1.37 bits per heavy atom. The number of hydrogen-bond donors (Lipinski definition) is 1. The molecule has 1 fully saturated rings. The van der Waals surface area contributed by atoms with E-state index in [1.807, 2.05) is 18.2 Å². The third-order valence-electron chi connectivity index (χ3n) is 3.29. The number of hydrogen-bond acceptors (Lipinski definition) is 3. The number of ketones is 1. The molecule has 4 nitrogen and oxygen atoms in total. The number of nitrogens with zero attached hydrogens (tertiary/aromatic N) is 1. The van der Waals surface area contributed by atoms with Crippen LogP contribution in [0.15, 0.2) is 22.7 Å². The van der Waals surface area contributed by atoms with Gasteiger partial charge in [0.2, 0.25) is 5.91 Å². The largest absolute Gasteiger partial charge is 0.369 e. The molecule has 1 N–H and O–H groups in total. The summed E-state index contributed by atoms with van der Waals surface area (Å²) in [5, 5.41) is 2.94. The highest BCUT2D eigenvalue weighted by atomic mass is 79.9. The first-order chi connectivity index (χ1) is 8.97. The lowest BCUT2D eigenvalue weighted by atomic mass is 10.1. The summed E-state index contributed by atoms with van der Waals surface area (Å²) >= 11 is 3.43. The number of rotatable bonds is 3. The van der Waals surface area contributed by atoms with Gasteiger partial charge < -0.3 is 10.2 Å². The standard InChI is InChI=1S/C14H17BrN2O2/c1-9(18)13-4-3-12(7-14(13)15)17-6-5-11(8-17)16-10(2)19/h3-4,7,11H,5-6,8H2,1-2H3,(H,16,19). The summed E-state index contributed by atoms with van der Waals surface area (Å²) in [5.41, 5.74) is 1.77. The molecule has 1 saturated heterocycles. The Morgan fingerprint density at radius 2 is 2.11 bits per heavy atom. The lowest BCUT2D eigenvalue weighted by Crippen LogP contribution is -2.35. The molecule has 1 aromatic carbocycles. The van der Waals surface area contributed by atoms with Gasteiger partial charge in [-0.15, -0.1) is 0 Å². The lowest BCUT2D eigenvalue weighted by Gasteiger charge is -2.19. The van der Waals surface area contributed by atoms with E-state index < -0.39 is 0 Å². The lowest BCUT2D eigenvalue weighted by molar-refractivity contribution is -0.119. The quantitative estimate of drug-likeness (QED) is 0.868. The molecule has 0 saturated carbocycles. The summed E-state index contributed by atoms with van der Waals surface area (Å²) in [4.78, 5) is 24.6. The molecule has 1 aromatic rings. The molecule has 1 heterocycles. The summed E-state index contributed by atoms with van der Waals surface area (Å²) in [7, 11) is 0. The topological polar surface area (TPSA) is 49.4 Å². The van der Waals surface area contributed by atoms with Crippen LogP contribution in [-0.4, -0.2) is 30.8 Å². The minimum absolute atomic E-state index is 0.0139. The van der Waals surface area contributed by atoms with Crippen LogP contribution in [0.25, 0.3) is 0 Å². The Morgan fingerprint density at radius 3 is 2.68 bits per heavy atom. The Labute approximate surface area is 121 Å². The second-order valence-corrected chi connectivity index (χ2v) is 5.71. The zero-order valence-corrected chi connectivity index (χ0v) is 12.7. The van der Waals surface area contributed by atoms with E-state index in [1.165, 1.54) is 0 Å². The fraction of sp³-hybridized carbons (Fsp3) is 0.429. The van der Waals surface area contributed by atoms with Gasteiger partial charge in [-0.25, -0.2) is 0 Å². The van der Waals surface area contributed by atoms with Gasteiger partial charge in [-0.3, -0.25) is 9.59 Å². The van der Waals surface area contributed by atoms with E-state index >= 15 is 0 Å². The van der Waals surface area contributed by atoms with Crippen LogP contribution >= 0.6 is 15.9 Å². The van der Waals surface area contributed by atoms with Gasteiger partial charge in [0, 0.05) is 41.8 Å². The predicted octanol–water partition coefficient (Wildman–Crippen LogP) is 2.37. The maximum atomic E-state index is 11.4. The SMILES string of the molecule is CC(=O)NC1CCN(c2ccc(C(C)=O)c(Br)c2)C1. The molecule has 5 heteroatoms. The monoisotopic (exact) mass is 324 g/mol. The van der Waals surface area contributed by atoms with E-state index in [4.69, 9.17) is 0 Å².